The summed E-state index contributed by atoms with van der Waals surface area (Å²) in [6.07, 6.45) is 7.36. The quantitative estimate of drug-likeness (QED) is 0.625. The van der Waals surface area contributed by atoms with Gasteiger partial charge < -0.3 is 20.1 Å². The van der Waals surface area contributed by atoms with Gasteiger partial charge in [0.05, 0.1) is 6.61 Å². The van der Waals surface area contributed by atoms with Crippen molar-refractivity contribution in [3.05, 3.63) is 36.4 Å². The van der Waals surface area contributed by atoms with Gasteiger partial charge in [-0.05, 0) is 31.4 Å². The molecule has 2 amide bonds. The van der Waals surface area contributed by atoms with Crippen LogP contribution in [0.1, 0.15) is 19.3 Å². The van der Waals surface area contributed by atoms with Gasteiger partial charge in [0.15, 0.2) is 0 Å². The fourth-order valence-electron chi connectivity index (χ4n) is 2.17. The molecule has 0 aromatic heterocycles. The summed E-state index contributed by atoms with van der Waals surface area (Å²) in [7, 11) is 1.63. The molecular weight excluding hydrogens is 268 g/mol. The van der Waals surface area contributed by atoms with Crippen molar-refractivity contribution in [2.75, 3.05) is 25.6 Å². The molecular formula is C16H22N2O3. The number of methoxy groups -OCH3 is 1. The number of benzene rings is 1. The highest BCUT2D eigenvalue weighted by Gasteiger charge is 2.11. The maximum absolute atomic E-state index is 11.9. The van der Waals surface area contributed by atoms with Crippen LogP contribution in [0.3, 0.4) is 0 Å². The van der Waals surface area contributed by atoms with Crippen molar-refractivity contribution in [3.8, 4) is 5.75 Å². The van der Waals surface area contributed by atoms with Crippen molar-refractivity contribution in [2.24, 2.45) is 0 Å². The first kappa shape index (κ1) is 15.4. The van der Waals surface area contributed by atoms with Crippen molar-refractivity contribution >= 4 is 11.7 Å². The summed E-state index contributed by atoms with van der Waals surface area (Å²) >= 11 is 0. The van der Waals surface area contributed by atoms with E-state index < -0.39 is 0 Å². The van der Waals surface area contributed by atoms with Crippen LogP contribution in [0.5, 0.6) is 5.75 Å². The first-order valence-corrected chi connectivity index (χ1v) is 7.24. The van der Waals surface area contributed by atoms with Crippen LogP contribution in [0, 0.1) is 0 Å². The van der Waals surface area contributed by atoms with Crippen molar-refractivity contribution in [1.82, 2.24) is 5.32 Å². The lowest BCUT2D eigenvalue weighted by molar-refractivity contribution is 0.146. The molecule has 2 rings (SSSR count). The molecule has 5 heteroatoms. The van der Waals surface area contributed by atoms with Crippen LogP contribution in [0.25, 0.3) is 0 Å². The second kappa shape index (κ2) is 8.32. The molecule has 1 aliphatic rings. The molecule has 0 saturated carbocycles. The largest absolute Gasteiger partial charge is 0.491 e. The Morgan fingerprint density at radius 1 is 1.38 bits per heavy atom. The number of allylic oxidation sites excluding steroid dienone is 1. The number of rotatable bonds is 6. The SMILES string of the molecule is COCCOc1cccc(NC(=O)NC2C=CCCC2)c1. The Bertz CT molecular complexity index is 488. The van der Waals surface area contributed by atoms with Gasteiger partial charge in [-0.1, -0.05) is 18.2 Å². The zero-order valence-corrected chi connectivity index (χ0v) is 12.3. The van der Waals surface area contributed by atoms with E-state index in [-0.39, 0.29) is 12.1 Å². The predicted octanol–water partition coefficient (Wildman–Crippen LogP) is 2.94. The average molecular weight is 290 g/mol. The Hall–Kier alpha value is -2.01. The molecule has 1 aromatic rings. The summed E-state index contributed by atoms with van der Waals surface area (Å²) in [5, 5.41) is 5.77. The van der Waals surface area contributed by atoms with Crippen LogP contribution < -0.4 is 15.4 Å². The van der Waals surface area contributed by atoms with Crippen molar-refractivity contribution < 1.29 is 14.3 Å². The molecule has 1 unspecified atom stereocenters. The fraction of sp³-hybridized carbons (Fsp3) is 0.438. The lowest BCUT2D eigenvalue weighted by Gasteiger charge is -2.18. The number of carbonyl (C=O) groups excluding carboxylic acids is 1. The summed E-state index contributed by atoms with van der Waals surface area (Å²) in [5.41, 5.74) is 0.710. The lowest BCUT2D eigenvalue weighted by atomic mass is 10.0. The van der Waals surface area contributed by atoms with Crippen molar-refractivity contribution in [1.29, 1.82) is 0 Å². The van der Waals surface area contributed by atoms with Crippen LogP contribution in [0.15, 0.2) is 36.4 Å². The van der Waals surface area contributed by atoms with Gasteiger partial charge in [-0.2, -0.15) is 0 Å². The van der Waals surface area contributed by atoms with Gasteiger partial charge in [-0.15, -0.1) is 0 Å². The summed E-state index contributed by atoms with van der Waals surface area (Å²) in [5.74, 6) is 0.711. The second-order valence-corrected chi connectivity index (χ2v) is 4.93. The number of urea groups is 1. The smallest absolute Gasteiger partial charge is 0.319 e. The number of nitrogens with one attached hydrogen (secondary N) is 2. The van der Waals surface area contributed by atoms with E-state index in [0.717, 1.165) is 19.3 Å². The minimum Gasteiger partial charge on any atom is -0.491 e. The van der Waals surface area contributed by atoms with E-state index in [1.807, 2.05) is 24.3 Å². The molecule has 114 valence electrons. The van der Waals surface area contributed by atoms with Gasteiger partial charge in [0.2, 0.25) is 0 Å². The second-order valence-electron chi connectivity index (χ2n) is 4.93. The lowest BCUT2D eigenvalue weighted by Crippen LogP contribution is -2.37. The van der Waals surface area contributed by atoms with Gasteiger partial charge >= 0.3 is 6.03 Å². The predicted molar refractivity (Wildman–Crippen MR) is 82.7 cm³/mol. The van der Waals surface area contributed by atoms with Crippen LogP contribution >= 0.6 is 0 Å². The number of anilines is 1. The number of hydrogen-bond donors (Lipinski definition) is 2. The van der Waals surface area contributed by atoms with Crippen molar-refractivity contribution in [3.63, 3.8) is 0 Å². The topological polar surface area (TPSA) is 59.6 Å². The molecule has 1 aliphatic carbocycles. The van der Waals surface area contributed by atoms with E-state index in [2.05, 4.69) is 16.7 Å². The van der Waals surface area contributed by atoms with Crippen LogP contribution in [-0.2, 0) is 4.74 Å². The third kappa shape index (κ3) is 5.47. The highest BCUT2D eigenvalue weighted by Crippen LogP contribution is 2.17. The van der Waals surface area contributed by atoms with Crippen molar-refractivity contribution in [2.45, 2.75) is 25.3 Å². The molecule has 21 heavy (non-hydrogen) atoms. The molecule has 0 heterocycles. The molecule has 0 spiro atoms. The number of ether oxygens (including phenoxy) is 2. The maximum Gasteiger partial charge on any atom is 0.319 e. The normalized spacial score (nSPS) is 17.3. The standard InChI is InChI=1S/C16H22N2O3/c1-20-10-11-21-15-9-5-8-14(12-15)18-16(19)17-13-6-3-2-4-7-13/h3,5-6,8-9,12-13H,2,4,7,10-11H2,1H3,(H2,17,18,19). The minimum absolute atomic E-state index is 0.125. The van der Waals surface area contributed by atoms with Crippen LogP contribution in [0.2, 0.25) is 0 Å². The van der Waals surface area contributed by atoms with E-state index in [1.165, 1.54) is 0 Å². The molecule has 0 fully saturated rings. The van der Waals surface area contributed by atoms with E-state index in [0.29, 0.717) is 24.7 Å². The molecule has 0 saturated heterocycles. The van der Waals surface area contributed by atoms with Crippen LogP contribution in [0.4, 0.5) is 10.5 Å². The number of amides is 2. The van der Waals surface area contributed by atoms with E-state index in [1.54, 1.807) is 13.2 Å². The third-order valence-electron chi connectivity index (χ3n) is 3.22. The summed E-state index contributed by atoms with van der Waals surface area (Å²) in [6, 6.07) is 7.26. The highest BCUT2D eigenvalue weighted by molar-refractivity contribution is 5.89. The first-order valence-electron chi connectivity index (χ1n) is 7.24. The summed E-state index contributed by atoms with van der Waals surface area (Å²) in [6.45, 7) is 1.02. The van der Waals surface area contributed by atoms with Gasteiger partial charge in [0.1, 0.15) is 12.4 Å². The molecule has 5 nitrogen and oxygen atoms in total. The molecule has 2 N–H and O–H groups in total. The molecule has 1 atom stereocenters. The van der Waals surface area contributed by atoms with Crippen LogP contribution in [-0.4, -0.2) is 32.4 Å². The Morgan fingerprint density at radius 2 is 2.29 bits per heavy atom. The Balaban J connectivity index is 1.83. The highest BCUT2D eigenvalue weighted by atomic mass is 16.5. The third-order valence-corrected chi connectivity index (χ3v) is 3.22. The van der Waals surface area contributed by atoms with E-state index >= 15 is 0 Å². The van der Waals surface area contributed by atoms with Gasteiger partial charge in [0.25, 0.3) is 0 Å². The molecule has 0 aliphatic heterocycles. The Labute approximate surface area is 125 Å². The number of carbonyl (C=O) groups is 1. The Kier molecular flexibility index (Phi) is 6.09. The fourth-order valence-corrected chi connectivity index (χ4v) is 2.17. The monoisotopic (exact) mass is 290 g/mol. The Morgan fingerprint density at radius 3 is 3.05 bits per heavy atom. The maximum atomic E-state index is 11.9. The molecule has 1 aromatic carbocycles. The van der Waals surface area contributed by atoms with Gasteiger partial charge in [-0.3, -0.25) is 0 Å². The first-order chi connectivity index (χ1) is 10.3. The van der Waals surface area contributed by atoms with Gasteiger partial charge in [-0.25, -0.2) is 4.79 Å². The zero-order valence-electron chi connectivity index (χ0n) is 12.3. The summed E-state index contributed by atoms with van der Waals surface area (Å²) < 4.78 is 10.4. The van der Waals surface area contributed by atoms with E-state index in [4.69, 9.17) is 9.47 Å². The van der Waals surface area contributed by atoms with E-state index in [9.17, 15) is 4.79 Å². The number of hydrogen-bond acceptors (Lipinski definition) is 3. The summed E-state index contributed by atoms with van der Waals surface area (Å²) in [4.78, 5) is 11.9. The molecule has 0 bridgehead atoms. The zero-order chi connectivity index (χ0) is 14.9. The molecule has 0 radical (unpaired) electrons. The van der Waals surface area contributed by atoms with Gasteiger partial charge in [0, 0.05) is 24.9 Å². The average Bonchev–Trinajstić information content (AvgIpc) is 2.49. The minimum atomic E-state index is -0.194.